The molecule has 2 aliphatic heterocycles. The monoisotopic (exact) mass is 511 g/mol. The van der Waals surface area contributed by atoms with Crippen LogP contribution < -0.4 is 10.4 Å². The lowest BCUT2D eigenvalue weighted by atomic mass is 9.99. The Labute approximate surface area is 222 Å². The molecule has 2 aromatic carbocycles. The van der Waals surface area contributed by atoms with E-state index in [0.717, 1.165) is 58.7 Å². The highest BCUT2D eigenvalue weighted by Gasteiger charge is 2.21. The van der Waals surface area contributed by atoms with Crippen LogP contribution in [0.1, 0.15) is 27.2 Å². The summed E-state index contributed by atoms with van der Waals surface area (Å²) < 4.78 is 0. The summed E-state index contributed by atoms with van der Waals surface area (Å²) >= 11 is 0. The number of benzene rings is 2. The molecule has 2 aromatic heterocycles. The van der Waals surface area contributed by atoms with E-state index in [0.29, 0.717) is 5.95 Å². The number of carbonyl (C=O) groups is 1. The van der Waals surface area contributed by atoms with Crippen molar-refractivity contribution in [1.82, 2.24) is 30.2 Å². The van der Waals surface area contributed by atoms with E-state index in [4.69, 9.17) is 5.21 Å². The van der Waals surface area contributed by atoms with Gasteiger partial charge in [-0.05, 0) is 53.9 Å². The first kappa shape index (κ1) is 24.5. The zero-order valence-corrected chi connectivity index (χ0v) is 21.7. The standard InChI is InChI=1S/C29H33N7O2/c1-34-11-13-35(14-12-34)19-20-3-2-4-21(15-20)22-5-6-26-25(16-22)24-7-9-36(10-8-27(24)32-26)29-30-17-23(18-31-29)28(37)33-38/h2-6,15-18,32,38H,7-14,19H2,1H3,(H,33,37). The van der Waals surface area contributed by atoms with Crippen molar-refractivity contribution >= 4 is 22.8 Å². The van der Waals surface area contributed by atoms with Crippen LogP contribution in [0.25, 0.3) is 22.0 Å². The van der Waals surface area contributed by atoms with Gasteiger partial charge < -0.3 is 14.8 Å². The van der Waals surface area contributed by atoms with Gasteiger partial charge in [0.15, 0.2) is 0 Å². The Morgan fingerprint density at radius 2 is 1.74 bits per heavy atom. The molecule has 0 aliphatic carbocycles. The van der Waals surface area contributed by atoms with Gasteiger partial charge in [0.1, 0.15) is 0 Å². The number of aromatic amines is 1. The van der Waals surface area contributed by atoms with Crippen molar-refractivity contribution in [3.05, 3.63) is 77.2 Å². The third-order valence-corrected chi connectivity index (χ3v) is 7.81. The van der Waals surface area contributed by atoms with Gasteiger partial charge in [0, 0.05) is 81.2 Å². The van der Waals surface area contributed by atoms with Crippen molar-refractivity contribution in [2.45, 2.75) is 19.4 Å². The molecule has 196 valence electrons. The van der Waals surface area contributed by atoms with Gasteiger partial charge in [0.25, 0.3) is 5.91 Å². The quantitative estimate of drug-likeness (QED) is 0.280. The zero-order chi connectivity index (χ0) is 26.1. The van der Waals surface area contributed by atoms with Crippen LogP contribution in [-0.2, 0) is 19.4 Å². The predicted molar refractivity (Wildman–Crippen MR) is 147 cm³/mol. The molecule has 0 atom stereocenters. The molecule has 4 heterocycles. The molecule has 1 amide bonds. The lowest BCUT2D eigenvalue weighted by Crippen LogP contribution is -2.43. The first-order chi connectivity index (χ1) is 18.6. The fraction of sp³-hybridized carbons (Fsp3) is 0.345. The van der Waals surface area contributed by atoms with Gasteiger partial charge in [-0.25, -0.2) is 15.4 Å². The number of nitrogens with zero attached hydrogens (tertiary/aromatic N) is 5. The first-order valence-electron chi connectivity index (χ1n) is 13.2. The Kier molecular flexibility index (Phi) is 6.80. The number of likely N-dealkylation sites (N-methyl/N-ethyl adjacent to an activating group) is 1. The number of hydrogen-bond donors (Lipinski definition) is 3. The van der Waals surface area contributed by atoms with Gasteiger partial charge in [-0.3, -0.25) is 14.9 Å². The zero-order valence-electron chi connectivity index (χ0n) is 21.7. The van der Waals surface area contributed by atoms with Crippen LogP contribution in [-0.4, -0.2) is 82.2 Å². The Bertz CT molecular complexity index is 1440. The number of hydroxylamine groups is 1. The first-order valence-corrected chi connectivity index (χ1v) is 13.2. The number of fused-ring (bicyclic) bond motifs is 3. The molecule has 1 saturated heterocycles. The Morgan fingerprint density at radius 3 is 2.53 bits per heavy atom. The van der Waals surface area contributed by atoms with E-state index >= 15 is 0 Å². The molecule has 0 spiro atoms. The van der Waals surface area contributed by atoms with E-state index in [1.165, 1.54) is 51.2 Å². The van der Waals surface area contributed by atoms with Crippen LogP contribution in [0.2, 0.25) is 0 Å². The summed E-state index contributed by atoms with van der Waals surface area (Å²) in [5.74, 6) is -0.0265. The number of hydrogen-bond acceptors (Lipinski definition) is 7. The maximum Gasteiger partial charge on any atom is 0.277 e. The van der Waals surface area contributed by atoms with Crippen molar-refractivity contribution in [3.63, 3.8) is 0 Å². The summed E-state index contributed by atoms with van der Waals surface area (Å²) in [5, 5.41) is 10.1. The number of amides is 1. The van der Waals surface area contributed by atoms with Gasteiger partial charge in [0.2, 0.25) is 5.95 Å². The van der Waals surface area contributed by atoms with Crippen LogP contribution in [0.3, 0.4) is 0 Å². The van der Waals surface area contributed by atoms with E-state index in [1.807, 2.05) is 0 Å². The van der Waals surface area contributed by atoms with Gasteiger partial charge >= 0.3 is 0 Å². The van der Waals surface area contributed by atoms with E-state index in [1.54, 1.807) is 5.48 Å². The van der Waals surface area contributed by atoms with Crippen molar-refractivity contribution in [3.8, 4) is 11.1 Å². The van der Waals surface area contributed by atoms with Crippen molar-refractivity contribution in [1.29, 1.82) is 0 Å². The summed E-state index contributed by atoms with van der Waals surface area (Å²) in [6, 6.07) is 15.7. The Hall–Kier alpha value is -3.79. The van der Waals surface area contributed by atoms with E-state index in [-0.39, 0.29) is 5.56 Å². The average molecular weight is 512 g/mol. The number of anilines is 1. The minimum absolute atomic E-state index is 0.224. The van der Waals surface area contributed by atoms with E-state index in [2.05, 4.69) is 79.2 Å². The SMILES string of the molecule is CN1CCN(Cc2cccc(-c3ccc4[nH]c5c(c4c3)CCN(c3ncc(C(=O)NO)cn3)CC5)c2)CC1. The molecule has 0 unspecified atom stereocenters. The minimum atomic E-state index is -0.616. The molecule has 9 heteroatoms. The highest BCUT2D eigenvalue weighted by Crippen LogP contribution is 2.31. The number of nitrogens with one attached hydrogen (secondary N) is 2. The fourth-order valence-electron chi connectivity index (χ4n) is 5.57. The second-order valence-electron chi connectivity index (χ2n) is 10.3. The summed E-state index contributed by atoms with van der Waals surface area (Å²) in [6.45, 7) is 7.06. The van der Waals surface area contributed by atoms with Crippen LogP contribution >= 0.6 is 0 Å². The Morgan fingerprint density at radius 1 is 0.974 bits per heavy atom. The second-order valence-corrected chi connectivity index (χ2v) is 10.3. The number of aromatic nitrogens is 3. The molecule has 0 radical (unpaired) electrons. The van der Waals surface area contributed by atoms with Crippen molar-refractivity contribution in [2.24, 2.45) is 0 Å². The van der Waals surface area contributed by atoms with Gasteiger partial charge in [-0.2, -0.15) is 0 Å². The highest BCUT2D eigenvalue weighted by atomic mass is 16.5. The number of rotatable bonds is 5. The predicted octanol–water partition coefficient (Wildman–Crippen LogP) is 3.10. The third kappa shape index (κ3) is 5.00. The van der Waals surface area contributed by atoms with Crippen LogP contribution in [0, 0.1) is 0 Å². The number of H-pyrrole nitrogens is 1. The van der Waals surface area contributed by atoms with E-state index < -0.39 is 5.91 Å². The highest BCUT2D eigenvalue weighted by molar-refractivity contribution is 5.92. The third-order valence-electron chi connectivity index (χ3n) is 7.81. The van der Waals surface area contributed by atoms with Gasteiger partial charge in [-0.15, -0.1) is 0 Å². The lowest BCUT2D eigenvalue weighted by molar-refractivity contribution is 0.0705. The number of piperazine rings is 1. The van der Waals surface area contributed by atoms with Gasteiger partial charge in [-0.1, -0.05) is 24.3 Å². The second kappa shape index (κ2) is 10.5. The summed E-state index contributed by atoms with van der Waals surface area (Å²) in [5.41, 5.74) is 9.49. The topological polar surface area (TPSA) is 101 Å². The number of carbonyl (C=O) groups excluding carboxylic acids is 1. The van der Waals surface area contributed by atoms with Crippen LogP contribution in [0.15, 0.2) is 54.9 Å². The van der Waals surface area contributed by atoms with Crippen molar-refractivity contribution < 1.29 is 10.0 Å². The summed E-state index contributed by atoms with van der Waals surface area (Å²) in [6.07, 6.45) is 4.63. The summed E-state index contributed by atoms with van der Waals surface area (Å²) in [7, 11) is 2.19. The molecule has 4 aromatic rings. The molecule has 9 nitrogen and oxygen atoms in total. The van der Waals surface area contributed by atoms with Crippen LogP contribution in [0.5, 0.6) is 0 Å². The largest absolute Gasteiger partial charge is 0.358 e. The van der Waals surface area contributed by atoms with E-state index in [9.17, 15) is 4.79 Å². The molecule has 0 saturated carbocycles. The average Bonchev–Trinajstić information content (AvgIpc) is 3.17. The van der Waals surface area contributed by atoms with Crippen molar-refractivity contribution in [2.75, 3.05) is 51.2 Å². The van der Waals surface area contributed by atoms with Crippen LogP contribution in [0.4, 0.5) is 5.95 Å². The minimum Gasteiger partial charge on any atom is -0.358 e. The molecule has 38 heavy (non-hydrogen) atoms. The lowest BCUT2D eigenvalue weighted by Gasteiger charge is -2.32. The maximum absolute atomic E-state index is 11.6. The molecule has 6 rings (SSSR count). The fourth-order valence-corrected chi connectivity index (χ4v) is 5.57. The smallest absolute Gasteiger partial charge is 0.277 e. The molecule has 1 fully saturated rings. The Balaban J connectivity index is 1.20. The normalized spacial score (nSPS) is 16.8. The molecular weight excluding hydrogens is 478 g/mol. The molecule has 2 aliphatic rings. The molecular formula is C29H33N7O2. The maximum atomic E-state index is 11.6. The summed E-state index contributed by atoms with van der Waals surface area (Å²) in [4.78, 5) is 31.0. The molecule has 3 N–H and O–H groups in total. The molecule has 0 bridgehead atoms. The van der Waals surface area contributed by atoms with Gasteiger partial charge in [0.05, 0.1) is 5.56 Å².